The van der Waals surface area contributed by atoms with E-state index in [9.17, 15) is 9.90 Å². The molecular weight excluding hydrogens is 378 g/mol. The summed E-state index contributed by atoms with van der Waals surface area (Å²) in [5, 5.41) is 23.8. The molecule has 0 spiro atoms. The summed E-state index contributed by atoms with van der Waals surface area (Å²) in [5.41, 5.74) is 3.47. The number of ether oxygens (including phenoxy) is 1. The molecule has 0 saturated carbocycles. The summed E-state index contributed by atoms with van der Waals surface area (Å²) in [7, 11) is 1.59. The average Bonchev–Trinajstić information content (AvgIpc) is 3.21. The smallest absolute Gasteiger partial charge is 0.340 e. The SMILES string of the molecule is COc1ccc(-n2nc(-c3ccc(C#N)cc3)c(C(=O)O)c2-c2ccccc2)cc1. The van der Waals surface area contributed by atoms with Crippen LogP contribution in [0.15, 0.2) is 78.9 Å². The third kappa shape index (κ3) is 3.40. The maximum Gasteiger partial charge on any atom is 0.340 e. The summed E-state index contributed by atoms with van der Waals surface area (Å²) in [6, 6.07) is 25.3. The molecule has 0 aliphatic carbocycles. The highest BCUT2D eigenvalue weighted by Crippen LogP contribution is 2.34. The van der Waals surface area contributed by atoms with Crippen molar-refractivity contribution in [2.45, 2.75) is 0 Å². The predicted molar refractivity (Wildman–Crippen MR) is 113 cm³/mol. The second-order valence-corrected chi connectivity index (χ2v) is 6.54. The first kappa shape index (κ1) is 19.0. The summed E-state index contributed by atoms with van der Waals surface area (Å²) in [6.07, 6.45) is 0. The van der Waals surface area contributed by atoms with Crippen molar-refractivity contribution in [2.75, 3.05) is 7.11 Å². The monoisotopic (exact) mass is 395 g/mol. The Morgan fingerprint density at radius 3 is 2.20 bits per heavy atom. The van der Waals surface area contributed by atoms with Crippen LogP contribution in [0.3, 0.4) is 0 Å². The van der Waals surface area contributed by atoms with Gasteiger partial charge in [-0.05, 0) is 36.4 Å². The van der Waals surface area contributed by atoms with Gasteiger partial charge < -0.3 is 9.84 Å². The summed E-state index contributed by atoms with van der Waals surface area (Å²) in [6.45, 7) is 0. The molecule has 0 unspecified atom stereocenters. The maximum absolute atomic E-state index is 12.3. The standard InChI is InChI=1S/C24H17N3O3/c1-30-20-13-11-19(12-14-20)27-23(18-5-3-2-4-6-18)21(24(28)29)22(26-27)17-9-7-16(15-25)8-10-17/h2-14H,1H3,(H,28,29). The van der Waals surface area contributed by atoms with E-state index in [2.05, 4.69) is 11.2 Å². The Bertz CT molecular complexity index is 1240. The zero-order chi connectivity index (χ0) is 21.1. The van der Waals surface area contributed by atoms with E-state index in [4.69, 9.17) is 10.00 Å². The first-order valence-electron chi connectivity index (χ1n) is 9.19. The Hall–Kier alpha value is -4.37. The fourth-order valence-electron chi connectivity index (χ4n) is 3.30. The minimum absolute atomic E-state index is 0.0988. The predicted octanol–water partition coefficient (Wildman–Crippen LogP) is 4.78. The van der Waals surface area contributed by atoms with E-state index >= 15 is 0 Å². The van der Waals surface area contributed by atoms with Crippen molar-refractivity contribution in [2.24, 2.45) is 0 Å². The molecule has 1 heterocycles. The van der Waals surface area contributed by atoms with Gasteiger partial charge >= 0.3 is 5.97 Å². The first-order valence-corrected chi connectivity index (χ1v) is 9.19. The fourth-order valence-corrected chi connectivity index (χ4v) is 3.30. The fraction of sp³-hybridized carbons (Fsp3) is 0.0417. The number of aromatic carboxylic acids is 1. The zero-order valence-electron chi connectivity index (χ0n) is 16.1. The number of hydrogen-bond acceptors (Lipinski definition) is 4. The molecule has 1 aromatic heterocycles. The lowest BCUT2D eigenvalue weighted by Gasteiger charge is -2.09. The van der Waals surface area contributed by atoms with Gasteiger partial charge in [0, 0.05) is 11.1 Å². The molecule has 0 amide bonds. The lowest BCUT2D eigenvalue weighted by Crippen LogP contribution is -2.03. The number of carboxylic acids is 1. The summed E-state index contributed by atoms with van der Waals surface area (Å²) < 4.78 is 6.86. The normalized spacial score (nSPS) is 10.4. The number of methoxy groups -OCH3 is 1. The van der Waals surface area contributed by atoms with Crippen molar-refractivity contribution < 1.29 is 14.6 Å². The Balaban J connectivity index is 2.00. The molecule has 0 bridgehead atoms. The first-order chi connectivity index (χ1) is 14.6. The van der Waals surface area contributed by atoms with E-state index in [1.807, 2.05) is 42.5 Å². The molecule has 0 atom stereocenters. The number of carbonyl (C=O) groups is 1. The molecule has 6 heteroatoms. The molecule has 6 nitrogen and oxygen atoms in total. The number of benzene rings is 3. The minimum atomic E-state index is -1.08. The van der Waals surface area contributed by atoms with E-state index < -0.39 is 5.97 Å². The van der Waals surface area contributed by atoms with E-state index in [-0.39, 0.29) is 5.56 Å². The average molecular weight is 395 g/mol. The van der Waals surface area contributed by atoms with Crippen molar-refractivity contribution in [1.29, 1.82) is 5.26 Å². The van der Waals surface area contributed by atoms with Gasteiger partial charge in [-0.2, -0.15) is 10.4 Å². The molecule has 0 aliphatic heterocycles. The second-order valence-electron chi connectivity index (χ2n) is 6.54. The van der Waals surface area contributed by atoms with Gasteiger partial charge in [-0.15, -0.1) is 0 Å². The number of aromatic nitrogens is 2. The number of nitriles is 1. The van der Waals surface area contributed by atoms with Crippen LogP contribution in [0.5, 0.6) is 5.75 Å². The van der Waals surface area contributed by atoms with E-state index in [0.717, 1.165) is 5.56 Å². The van der Waals surface area contributed by atoms with Crippen LogP contribution in [-0.2, 0) is 0 Å². The van der Waals surface area contributed by atoms with Crippen molar-refractivity contribution in [1.82, 2.24) is 9.78 Å². The van der Waals surface area contributed by atoms with Crippen LogP contribution >= 0.6 is 0 Å². The largest absolute Gasteiger partial charge is 0.497 e. The second kappa shape index (κ2) is 7.94. The third-order valence-corrected chi connectivity index (χ3v) is 4.75. The van der Waals surface area contributed by atoms with Gasteiger partial charge in [-0.1, -0.05) is 42.5 Å². The van der Waals surface area contributed by atoms with Gasteiger partial charge in [-0.25, -0.2) is 9.48 Å². The van der Waals surface area contributed by atoms with Crippen molar-refractivity contribution in [3.8, 4) is 40.0 Å². The summed E-state index contributed by atoms with van der Waals surface area (Å²) in [5.74, 6) is -0.383. The van der Waals surface area contributed by atoms with Crippen LogP contribution in [0.4, 0.5) is 0 Å². The quantitative estimate of drug-likeness (QED) is 0.525. The molecule has 3 aromatic carbocycles. The van der Waals surface area contributed by atoms with Crippen molar-refractivity contribution >= 4 is 5.97 Å². The van der Waals surface area contributed by atoms with Crippen LogP contribution in [-0.4, -0.2) is 28.0 Å². The van der Waals surface area contributed by atoms with Gasteiger partial charge in [0.1, 0.15) is 17.0 Å². The summed E-state index contributed by atoms with van der Waals surface area (Å²) >= 11 is 0. The van der Waals surface area contributed by atoms with Crippen LogP contribution in [0.25, 0.3) is 28.2 Å². The van der Waals surface area contributed by atoms with E-state index in [1.54, 1.807) is 48.2 Å². The zero-order valence-corrected chi connectivity index (χ0v) is 16.1. The molecule has 4 rings (SSSR count). The van der Waals surface area contributed by atoms with Gasteiger partial charge in [0.15, 0.2) is 0 Å². The van der Waals surface area contributed by atoms with Crippen molar-refractivity contribution in [3.63, 3.8) is 0 Å². The molecule has 0 aliphatic rings. The van der Waals surface area contributed by atoms with E-state index in [0.29, 0.717) is 34.0 Å². The van der Waals surface area contributed by atoms with Crippen LogP contribution < -0.4 is 4.74 Å². The lowest BCUT2D eigenvalue weighted by molar-refractivity contribution is 0.0698. The Kier molecular flexibility index (Phi) is 5.02. The summed E-state index contributed by atoms with van der Waals surface area (Å²) in [4.78, 5) is 12.3. The molecule has 30 heavy (non-hydrogen) atoms. The van der Waals surface area contributed by atoms with Gasteiger partial charge in [0.2, 0.25) is 0 Å². The Morgan fingerprint density at radius 1 is 0.967 bits per heavy atom. The lowest BCUT2D eigenvalue weighted by atomic mass is 10.0. The number of carboxylic acid groups (broad SMARTS) is 1. The van der Waals surface area contributed by atoms with Crippen LogP contribution in [0.2, 0.25) is 0 Å². The highest BCUT2D eigenvalue weighted by Gasteiger charge is 2.26. The molecular formula is C24H17N3O3. The molecule has 0 fully saturated rings. The third-order valence-electron chi connectivity index (χ3n) is 4.75. The van der Waals surface area contributed by atoms with Gasteiger partial charge in [0.05, 0.1) is 30.1 Å². The van der Waals surface area contributed by atoms with Gasteiger partial charge in [0.25, 0.3) is 0 Å². The molecule has 146 valence electrons. The molecule has 1 N–H and O–H groups in total. The Morgan fingerprint density at radius 2 is 1.63 bits per heavy atom. The highest BCUT2D eigenvalue weighted by atomic mass is 16.5. The van der Waals surface area contributed by atoms with Crippen LogP contribution in [0.1, 0.15) is 15.9 Å². The topological polar surface area (TPSA) is 88.1 Å². The van der Waals surface area contributed by atoms with Crippen LogP contribution in [0, 0.1) is 11.3 Å². The number of hydrogen-bond donors (Lipinski definition) is 1. The highest BCUT2D eigenvalue weighted by molar-refractivity contribution is 6.02. The van der Waals surface area contributed by atoms with E-state index in [1.165, 1.54) is 0 Å². The number of rotatable bonds is 5. The molecule has 4 aromatic rings. The minimum Gasteiger partial charge on any atom is -0.497 e. The Labute approximate surface area is 173 Å². The molecule has 0 saturated heterocycles. The van der Waals surface area contributed by atoms with Gasteiger partial charge in [-0.3, -0.25) is 0 Å². The molecule has 0 radical (unpaired) electrons. The van der Waals surface area contributed by atoms with Crippen molar-refractivity contribution in [3.05, 3.63) is 90.0 Å². The number of nitrogens with zero attached hydrogens (tertiary/aromatic N) is 3. The maximum atomic E-state index is 12.3.